The predicted molar refractivity (Wildman–Crippen MR) is 72.9 cm³/mol. The van der Waals surface area contributed by atoms with Gasteiger partial charge in [-0.05, 0) is 0 Å². The van der Waals surface area contributed by atoms with Crippen LogP contribution in [0, 0.1) is 0 Å². The number of hydrogen-bond donors (Lipinski definition) is 0. The summed E-state index contributed by atoms with van der Waals surface area (Å²) in [4.78, 5) is 0. The number of hydrogen-bond acceptors (Lipinski definition) is 0. The predicted octanol–water partition coefficient (Wildman–Crippen LogP) is 4.57. The molecule has 1 atom stereocenters. The zero-order valence-electron chi connectivity index (χ0n) is 12.5. The molecular formula is C15H20Se. The van der Waals surface area contributed by atoms with Crippen LogP contribution < -0.4 is 0 Å². The van der Waals surface area contributed by atoms with E-state index >= 15 is 0 Å². The van der Waals surface area contributed by atoms with Crippen LogP contribution in [0.2, 0.25) is 9.63 Å². The average molecular weight is 282 g/mol. The van der Waals surface area contributed by atoms with Gasteiger partial charge in [0.15, 0.2) is 0 Å². The molecule has 16 heavy (non-hydrogen) atoms. The minimum atomic E-state index is -1.81. The van der Waals surface area contributed by atoms with Crippen molar-refractivity contribution in [3.8, 4) is 0 Å². The molecule has 1 saturated heterocycles. The Hall–Kier alpha value is -0.521. The first-order valence-electron chi connectivity index (χ1n) is 7.39. The molecule has 1 heterocycles. The summed E-state index contributed by atoms with van der Waals surface area (Å²) in [7, 11) is 0. The molecule has 1 aliphatic rings. The van der Waals surface area contributed by atoms with Crippen LogP contribution in [0.1, 0.15) is 42.2 Å². The zero-order valence-corrected chi connectivity index (χ0v) is 11.2. The van der Waals surface area contributed by atoms with Crippen molar-refractivity contribution in [1.29, 1.82) is 0 Å². The Morgan fingerprint density at radius 1 is 1.38 bits per heavy atom. The number of rotatable bonds is 3. The maximum atomic E-state index is 7.87. The molecule has 0 amide bonds. The quantitative estimate of drug-likeness (QED) is 0.712. The van der Waals surface area contributed by atoms with Crippen molar-refractivity contribution < 1.29 is 4.11 Å². The normalized spacial score (nSPS) is 29.6. The van der Waals surface area contributed by atoms with Crippen molar-refractivity contribution in [1.82, 2.24) is 0 Å². The number of allylic oxidation sites excluding steroid dienone is 1. The molecule has 1 heteroatoms. The van der Waals surface area contributed by atoms with Crippen LogP contribution in [0.15, 0.2) is 36.4 Å². The van der Waals surface area contributed by atoms with Crippen LogP contribution >= 0.6 is 0 Å². The molecule has 1 aliphatic heterocycles. The fourth-order valence-corrected chi connectivity index (χ4v) is 4.57. The topological polar surface area (TPSA) is 0 Å². The van der Waals surface area contributed by atoms with Gasteiger partial charge >= 0.3 is 109 Å². The first-order chi connectivity index (χ1) is 9.04. The van der Waals surface area contributed by atoms with E-state index in [-0.39, 0.29) is 15.0 Å². The van der Waals surface area contributed by atoms with Crippen LogP contribution in [0.4, 0.5) is 0 Å². The van der Waals surface area contributed by atoms with Gasteiger partial charge in [-0.3, -0.25) is 0 Å². The molecule has 1 aromatic rings. The van der Waals surface area contributed by atoms with Crippen LogP contribution in [0.5, 0.6) is 0 Å². The number of benzene rings is 1. The fraction of sp³-hybridized carbons (Fsp3) is 0.467. The molecular weight excluding hydrogens is 259 g/mol. The standard InChI is InChI=1S/C15H20Se/c1-15(11-5-6-13-16-15)12-7-10-14-8-3-2-4-9-14/h2-4,7-10H,5-6,11-13H2,1H3/i1D3. The van der Waals surface area contributed by atoms with Crippen LogP contribution in [-0.2, 0) is 0 Å². The van der Waals surface area contributed by atoms with Gasteiger partial charge in [-0.15, -0.1) is 0 Å². The van der Waals surface area contributed by atoms with Gasteiger partial charge in [0.05, 0.1) is 0 Å². The summed E-state index contributed by atoms with van der Waals surface area (Å²) in [5, 5.41) is 1.12. The molecule has 0 nitrogen and oxygen atoms in total. The van der Waals surface area contributed by atoms with Crippen molar-refractivity contribution in [2.24, 2.45) is 0 Å². The molecule has 1 fully saturated rings. The van der Waals surface area contributed by atoms with E-state index in [4.69, 9.17) is 4.11 Å². The van der Waals surface area contributed by atoms with E-state index in [9.17, 15) is 0 Å². The van der Waals surface area contributed by atoms with Gasteiger partial charge in [0, 0.05) is 0 Å². The van der Waals surface area contributed by atoms with E-state index in [1.165, 1.54) is 6.42 Å². The van der Waals surface area contributed by atoms with Gasteiger partial charge in [0.1, 0.15) is 0 Å². The Morgan fingerprint density at radius 3 is 2.94 bits per heavy atom. The summed E-state index contributed by atoms with van der Waals surface area (Å²) >= 11 is 0.234. The van der Waals surface area contributed by atoms with Crippen molar-refractivity contribution in [2.75, 3.05) is 0 Å². The Kier molecular flexibility index (Phi) is 3.05. The van der Waals surface area contributed by atoms with Crippen LogP contribution in [0.25, 0.3) is 6.08 Å². The van der Waals surface area contributed by atoms with E-state index in [0.29, 0.717) is 6.42 Å². The Morgan fingerprint density at radius 2 is 2.25 bits per heavy atom. The molecule has 0 aliphatic carbocycles. The second-order valence-corrected chi connectivity index (χ2v) is 7.42. The van der Waals surface area contributed by atoms with E-state index in [0.717, 1.165) is 23.7 Å². The molecule has 0 N–H and O–H groups in total. The first-order valence-corrected chi connectivity index (χ1v) is 7.96. The molecule has 1 unspecified atom stereocenters. The first kappa shape index (κ1) is 8.55. The van der Waals surface area contributed by atoms with Gasteiger partial charge in [0.2, 0.25) is 0 Å². The van der Waals surface area contributed by atoms with E-state index < -0.39 is 11.2 Å². The third kappa shape index (κ3) is 3.50. The average Bonchev–Trinajstić information content (AvgIpc) is 2.40. The van der Waals surface area contributed by atoms with Gasteiger partial charge < -0.3 is 0 Å². The van der Waals surface area contributed by atoms with E-state index in [2.05, 4.69) is 12.2 Å². The molecule has 2 rings (SSSR count). The van der Waals surface area contributed by atoms with Crippen LogP contribution in [0.3, 0.4) is 0 Å². The van der Waals surface area contributed by atoms with Crippen molar-refractivity contribution in [3.05, 3.63) is 42.0 Å². The maximum absolute atomic E-state index is 7.87. The Balaban J connectivity index is 2.07. The second kappa shape index (κ2) is 5.70. The third-order valence-corrected chi connectivity index (χ3v) is 5.88. The van der Waals surface area contributed by atoms with Gasteiger partial charge in [0.25, 0.3) is 0 Å². The molecule has 0 aromatic heterocycles. The van der Waals surface area contributed by atoms with Crippen molar-refractivity contribution >= 4 is 21.0 Å². The van der Waals surface area contributed by atoms with Crippen molar-refractivity contribution in [2.45, 2.75) is 42.2 Å². The second-order valence-electron chi connectivity index (χ2n) is 4.32. The SMILES string of the molecule is [2H]C([2H])([2H])C1(CC=Cc2ccccc2)CCCC[Se]1. The molecule has 1 aromatic carbocycles. The van der Waals surface area contributed by atoms with E-state index in [1.54, 1.807) is 0 Å². The summed E-state index contributed by atoms with van der Waals surface area (Å²) in [5.74, 6) is 0. The molecule has 0 spiro atoms. The Labute approximate surface area is 110 Å². The summed E-state index contributed by atoms with van der Waals surface area (Å²) in [6, 6.07) is 10.1. The summed E-state index contributed by atoms with van der Waals surface area (Å²) in [5.41, 5.74) is 1.14. The molecule has 86 valence electrons. The Bertz CT molecular complexity index is 417. The summed E-state index contributed by atoms with van der Waals surface area (Å²) < 4.78 is 23.2. The van der Waals surface area contributed by atoms with Gasteiger partial charge in [-0.25, -0.2) is 0 Å². The summed E-state index contributed by atoms with van der Waals surface area (Å²) in [6.45, 7) is -1.81. The minimum absolute atomic E-state index is 0.234. The van der Waals surface area contributed by atoms with Crippen LogP contribution in [-0.4, -0.2) is 15.0 Å². The molecule has 0 bridgehead atoms. The fourth-order valence-electron chi connectivity index (χ4n) is 1.96. The zero-order chi connectivity index (χ0) is 13.8. The monoisotopic (exact) mass is 283 g/mol. The van der Waals surface area contributed by atoms with Gasteiger partial charge in [-0.2, -0.15) is 0 Å². The third-order valence-electron chi connectivity index (χ3n) is 2.91. The van der Waals surface area contributed by atoms with E-state index in [1.807, 2.05) is 30.3 Å². The summed E-state index contributed by atoms with van der Waals surface area (Å²) in [6.07, 6.45) is 7.95. The van der Waals surface area contributed by atoms with Crippen molar-refractivity contribution in [3.63, 3.8) is 0 Å². The molecule has 0 radical (unpaired) electrons. The van der Waals surface area contributed by atoms with Gasteiger partial charge in [-0.1, -0.05) is 0 Å². The molecule has 0 saturated carbocycles.